The highest BCUT2D eigenvalue weighted by Crippen LogP contribution is 2.46. The molecule has 7 nitrogen and oxygen atoms in total. The topological polar surface area (TPSA) is 95.9 Å². The second kappa shape index (κ2) is 10.5. The van der Waals surface area contributed by atoms with Gasteiger partial charge in [0.25, 0.3) is 5.91 Å². The average Bonchev–Trinajstić information content (AvgIpc) is 3.02. The van der Waals surface area contributed by atoms with Gasteiger partial charge in [-0.25, -0.2) is 13.1 Å². The smallest absolute Gasteiger partial charge is 0.264 e. The van der Waals surface area contributed by atoms with Gasteiger partial charge in [-0.1, -0.05) is 29.8 Å². The van der Waals surface area contributed by atoms with Crippen molar-refractivity contribution in [2.75, 3.05) is 30.3 Å². The number of nitrogens with one attached hydrogen (secondary N) is 1. The molecule has 2 bridgehead atoms. The molecule has 1 unspecified atom stereocenters. The van der Waals surface area contributed by atoms with Gasteiger partial charge in [0.2, 0.25) is 10.0 Å². The van der Waals surface area contributed by atoms with Crippen LogP contribution in [0.4, 0.5) is 5.69 Å². The molecule has 2 aromatic rings. The van der Waals surface area contributed by atoms with Crippen LogP contribution in [-0.4, -0.2) is 51.0 Å². The highest BCUT2D eigenvalue weighted by molar-refractivity contribution is 7.90. The molecule has 2 aliphatic heterocycles. The molecule has 0 radical (unpaired) electrons. The summed E-state index contributed by atoms with van der Waals surface area (Å²) < 4.78 is 33.9. The van der Waals surface area contributed by atoms with Crippen LogP contribution in [0.25, 0.3) is 0 Å². The van der Waals surface area contributed by atoms with E-state index in [0.717, 1.165) is 49.4 Å². The quantitative estimate of drug-likeness (QED) is 0.449. The highest BCUT2D eigenvalue weighted by Gasteiger charge is 2.44. The Kier molecular flexibility index (Phi) is 7.14. The van der Waals surface area contributed by atoms with Gasteiger partial charge in [0.15, 0.2) is 0 Å². The lowest BCUT2D eigenvalue weighted by atomic mass is 9.68. The summed E-state index contributed by atoms with van der Waals surface area (Å²) in [7, 11) is -3.78. The number of ether oxygens (including phenoxy) is 1. The van der Waals surface area contributed by atoms with Crippen LogP contribution in [0.5, 0.6) is 5.75 Å². The number of nitrogens with zero attached hydrogens (tertiary/aromatic N) is 1. The number of carbonyl (C=O) groups excluding carboxylic acids is 1. The first-order valence-electron chi connectivity index (χ1n) is 13.9. The first-order valence-corrected chi connectivity index (χ1v) is 16.0. The number of aliphatic hydroxyl groups is 1. The number of aliphatic hydroxyl groups excluding tert-OH is 1. The van der Waals surface area contributed by atoms with E-state index in [1.54, 1.807) is 18.2 Å². The number of aryl methyl sites for hydroxylation is 1. The second-order valence-electron chi connectivity index (χ2n) is 11.6. The summed E-state index contributed by atoms with van der Waals surface area (Å²) in [6, 6.07) is 11.3. The third-order valence-electron chi connectivity index (χ3n) is 9.03. The molecular weight excluding hydrogens is 536 g/mol. The van der Waals surface area contributed by atoms with Gasteiger partial charge in [0.05, 0.1) is 24.2 Å². The van der Waals surface area contributed by atoms with Gasteiger partial charge in [-0.05, 0) is 98.2 Å². The fourth-order valence-corrected chi connectivity index (χ4v) is 8.07. The number of rotatable bonds is 0. The Morgan fingerprint density at radius 1 is 1.13 bits per heavy atom. The van der Waals surface area contributed by atoms with Crippen LogP contribution < -0.4 is 14.4 Å². The number of hydrogen-bond donors (Lipinski definition) is 2. The lowest BCUT2D eigenvalue weighted by molar-refractivity contribution is 0.0456. The molecule has 2 aliphatic carbocycles. The lowest BCUT2D eigenvalue weighted by Crippen LogP contribution is -2.49. The number of anilines is 1. The Labute approximate surface area is 235 Å². The largest absolute Gasteiger partial charge is 0.490 e. The molecule has 208 valence electrons. The third kappa shape index (κ3) is 5.31. The maximum absolute atomic E-state index is 13.0. The summed E-state index contributed by atoms with van der Waals surface area (Å²) in [5.74, 6) is 0.341. The van der Waals surface area contributed by atoms with Crippen molar-refractivity contribution in [1.82, 2.24) is 4.72 Å². The van der Waals surface area contributed by atoms with Crippen molar-refractivity contribution in [2.45, 2.75) is 56.5 Å². The van der Waals surface area contributed by atoms with Gasteiger partial charge >= 0.3 is 0 Å². The van der Waals surface area contributed by atoms with Crippen molar-refractivity contribution in [3.8, 4) is 5.75 Å². The number of hydrogen-bond acceptors (Lipinski definition) is 6. The Hall–Kier alpha value is -2.55. The van der Waals surface area contributed by atoms with E-state index in [4.69, 9.17) is 16.3 Å². The number of fused-ring (bicyclic) bond motifs is 4. The molecule has 6 rings (SSSR count). The highest BCUT2D eigenvalue weighted by atomic mass is 35.5. The Bertz CT molecular complexity index is 1410. The van der Waals surface area contributed by atoms with Gasteiger partial charge in [-0.3, -0.25) is 4.79 Å². The zero-order chi connectivity index (χ0) is 27.2. The normalized spacial score (nSPS) is 31.1. The van der Waals surface area contributed by atoms with Gasteiger partial charge in [-0.15, -0.1) is 0 Å². The SMILES string of the molecule is O=C1NS(=O)(=O)CCC/C=C/C(O)[C@@H]2CC[C@H]2CN2C[C@@]3(CCCc4cc(Cl)ccc43)COc3ccc1cc32. The van der Waals surface area contributed by atoms with Crippen molar-refractivity contribution < 1.29 is 23.1 Å². The van der Waals surface area contributed by atoms with Gasteiger partial charge in [0, 0.05) is 29.1 Å². The summed E-state index contributed by atoms with van der Waals surface area (Å²) >= 11 is 6.36. The Morgan fingerprint density at radius 3 is 2.82 bits per heavy atom. The minimum absolute atomic E-state index is 0.144. The van der Waals surface area contributed by atoms with E-state index in [2.05, 4.69) is 21.8 Å². The van der Waals surface area contributed by atoms with Crippen LogP contribution in [0.15, 0.2) is 48.6 Å². The summed E-state index contributed by atoms with van der Waals surface area (Å²) in [5, 5.41) is 11.7. The number of benzene rings is 2. The van der Waals surface area contributed by atoms with E-state index in [1.165, 1.54) is 11.1 Å². The van der Waals surface area contributed by atoms with Gasteiger partial charge < -0.3 is 14.7 Å². The van der Waals surface area contributed by atoms with Crippen molar-refractivity contribution in [3.63, 3.8) is 0 Å². The third-order valence-corrected chi connectivity index (χ3v) is 10.6. The zero-order valence-corrected chi connectivity index (χ0v) is 23.5. The second-order valence-corrected chi connectivity index (χ2v) is 13.9. The molecule has 2 aromatic carbocycles. The average molecular weight is 571 g/mol. The molecule has 1 fully saturated rings. The first kappa shape index (κ1) is 26.7. The Balaban J connectivity index is 1.42. The molecule has 1 amide bonds. The van der Waals surface area contributed by atoms with Crippen LogP contribution in [-0.2, 0) is 21.9 Å². The zero-order valence-electron chi connectivity index (χ0n) is 21.9. The number of carbonyl (C=O) groups is 1. The molecule has 4 atom stereocenters. The molecule has 2 heterocycles. The Morgan fingerprint density at radius 2 is 2.00 bits per heavy atom. The summed E-state index contributed by atoms with van der Waals surface area (Å²) in [6.07, 6.45) is 8.98. The van der Waals surface area contributed by atoms with E-state index >= 15 is 0 Å². The number of halogens is 1. The van der Waals surface area contributed by atoms with Gasteiger partial charge in [-0.2, -0.15) is 0 Å². The van der Waals surface area contributed by atoms with E-state index < -0.39 is 22.0 Å². The molecule has 2 N–H and O–H groups in total. The fourth-order valence-electron chi connectivity index (χ4n) is 6.83. The van der Waals surface area contributed by atoms with E-state index in [-0.39, 0.29) is 22.6 Å². The van der Waals surface area contributed by atoms with Crippen LogP contribution in [0, 0.1) is 11.8 Å². The van der Waals surface area contributed by atoms with Gasteiger partial charge in [0.1, 0.15) is 5.75 Å². The van der Waals surface area contributed by atoms with Crippen LogP contribution in [0.3, 0.4) is 0 Å². The van der Waals surface area contributed by atoms with Crippen molar-refractivity contribution in [1.29, 1.82) is 0 Å². The van der Waals surface area contributed by atoms with Crippen LogP contribution in [0.2, 0.25) is 5.02 Å². The predicted octanol–water partition coefficient (Wildman–Crippen LogP) is 4.61. The molecule has 1 saturated carbocycles. The van der Waals surface area contributed by atoms with Crippen LogP contribution in [0.1, 0.15) is 60.0 Å². The summed E-state index contributed by atoms with van der Waals surface area (Å²) in [6.45, 7) is 1.93. The van der Waals surface area contributed by atoms with E-state index in [0.29, 0.717) is 37.7 Å². The molecule has 4 aliphatic rings. The van der Waals surface area contributed by atoms with Crippen molar-refractivity contribution >= 4 is 33.2 Å². The fraction of sp³-hybridized carbons (Fsp3) is 0.500. The summed E-state index contributed by atoms with van der Waals surface area (Å²) in [5.41, 5.74) is 3.35. The van der Waals surface area contributed by atoms with Crippen molar-refractivity contribution in [2.24, 2.45) is 11.8 Å². The van der Waals surface area contributed by atoms with E-state index in [1.807, 2.05) is 18.2 Å². The molecule has 1 spiro atoms. The molecule has 0 aromatic heterocycles. The minimum Gasteiger partial charge on any atom is -0.490 e. The lowest BCUT2D eigenvalue weighted by Gasteiger charge is -2.45. The predicted molar refractivity (Wildman–Crippen MR) is 152 cm³/mol. The monoisotopic (exact) mass is 570 g/mol. The number of sulfonamides is 1. The standard InChI is InChI=1S/C30H35ClN2O5S/c31-23-9-11-25-20(15-23)5-4-13-30(25)18-33-17-22-7-10-24(22)27(34)6-2-1-3-14-39(36,37)32-29(35)21-8-12-28(38-19-30)26(33)16-21/h2,6,8-9,11-12,15-16,22,24,27,34H,1,3-5,7,10,13-14,17-19H2,(H,32,35)/b6-2+/t22-,24+,27?,30-/m0/s1. The number of amides is 1. The van der Waals surface area contributed by atoms with Crippen LogP contribution >= 0.6 is 11.6 Å². The maximum atomic E-state index is 13.0. The molecular formula is C30H35ClN2O5S. The maximum Gasteiger partial charge on any atom is 0.264 e. The van der Waals surface area contributed by atoms with E-state index in [9.17, 15) is 18.3 Å². The minimum atomic E-state index is -3.78. The first-order chi connectivity index (χ1) is 18.7. The molecule has 9 heteroatoms. The molecule has 0 saturated heterocycles. The summed E-state index contributed by atoms with van der Waals surface area (Å²) in [4.78, 5) is 15.4. The number of allylic oxidation sites excluding steroid dienone is 1. The van der Waals surface area contributed by atoms with Crippen molar-refractivity contribution in [3.05, 3.63) is 70.3 Å². The molecule has 39 heavy (non-hydrogen) atoms.